The molecule has 1 atom stereocenters. The number of nitrogens with one attached hydrogen (secondary N) is 1. The highest BCUT2D eigenvalue weighted by atomic mass is 16.3. The zero-order chi connectivity index (χ0) is 18.0. The molecule has 0 unspecified atom stereocenters. The number of aromatic nitrogens is 2. The Bertz CT molecular complexity index is 769. The predicted molar refractivity (Wildman–Crippen MR) is 96.4 cm³/mol. The molecule has 1 aliphatic rings. The molecule has 2 aromatic rings. The third-order valence-corrected chi connectivity index (χ3v) is 5.02. The molecule has 6 nitrogen and oxygen atoms in total. The zero-order valence-corrected chi connectivity index (χ0v) is 15.1. The highest BCUT2D eigenvalue weighted by Crippen LogP contribution is 2.33. The van der Waals surface area contributed by atoms with E-state index in [0.717, 1.165) is 37.2 Å². The molecular weight excluding hydrogens is 316 g/mol. The molecule has 2 N–H and O–H groups in total. The number of rotatable bonds is 4. The SMILES string of the molecule is CNC(=O)c1ccc([C@H]2CCCCN2Cc2nc(C)ccc2O)n1C. The van der Waals surface area contributed by atoms with E-state index in [-0.39, 0.29) is 17.7 Å². The van der Waals surface area contributed by atoms with Crippen LogP contribution in [0.4, 0.5) is 0 Å². The van der Waals surface area contributed by atoms with Crippen LogP contribution in [0.25, 0.3) is 0 Å². The molecule has 2 aromatic heterocycles. The Hall–Kier alpha value is -2.34. The molecule has 0 spiro atoms. The Kier molecular flexibility index (Phi) is 5.08. The van der Waals surface area contributed by atoms with Gasteiger partial charge in [-0.25, -0.2) is 0 Å². The number of likely N-dealkylation sites (tertiary alicyclic amines) is 1. The van der Waals surface area contributed by atoms with Crippen molar-refractivity contribution in [2.75, 3.05) is 13.6 Å². The molecule has 1 aliphatic heterocycles. The van der Waals surface area contributed by atoms with Gasteiger partial charge in [0.05, 0.1) is 11.7 Å². The Morgan fingerprint density at radius 2 is 2.12 bits per heavy atom. The minimum Gasteiger partial charge on any atom is -0.506 e. The van der Waals surface area contributed by atoms with Gasteiger partial charge in [0.25, 0.3) is 5.91 Å². The maximum Gasteiger partial charge on any atom is 0.267 e. The third kappa shape index (κ3) is 3.54. The highest BCUT2D eigenvalue weighted by molar-refractivity contribution is 5.92. The van der Waals surface area contributed by atoms with Gasteiger partial charge in [0.15, 0.2) is 0 Å². The number of carbonyl (C=O) groups excluding carboxylic acids is 1. The lowest BCUT2D eigenvalue weighted by Crippen LogP contribution is -2.34. The van der Waals surface area contributed by atoms with Crippen LogP contribution in [0.1, 0.15) is 52.9 Å². The first-order valence-electron chi connectivity index (χ1n) is 8.78. The molecule has 6 heteroatoms. The Morgan fingerprint density at radius 3 is 2.88 bits per heavy atom. The van der Waals surface area contributed by atoms with E-state index in [0.29, 0.717) is 17.9 Å². The molecular formula is C19H26N4O2. The molecule has 1 fully saturated rings. The van der Waals surface area contributed by atoms with E-state index < -0.39 is 0 Å². The van der Waals surface area contributed by atoms with Crippen molar-refractivity contribution in [3.8, 4) is 5.75 Å². The summed E-state index contributed by atoms with van der Waals surface area (Å²) in [6.07, 6.45) is 3.34. The summed E-state index contributed by atoms with van der Waals surface area (Å²) in [7, 11) is 3.59. The second kappa shape index (κ2) is 7.27. The number of piperidine rings is 1. The molecule has 0 radical (unpaired) electrons. The van der Waals surface area contributed by atoms with Crippen molar-refractivity contribution in [1.82, 2.24) is 19.8 Å². The van der Waals surface area contributed by atoms with Gasteiger partial charge in [-0.2, -0.15) is 0 Å². The van der Waals surface area contributed by atoms with Crippen LogP contribution in [0, 0.1) is 6.92 Å². The number of hydrogen-bond acceptors (Lipinski definition) is 4. The van der Waals surface area contributed by atoms with Crippen molar-refractivity contribution >= 4 is 5.91 Å². The first-order valence-corrected chi connectivity index (χ1v) is 8.78. The minimum atomic E-state index is -0.0749. The number of carbonyl (C=O) groups is 1. The Balaban J connectivity index is 1.88. The van der Waals surface area contributed by atoms with Crippen LogP contribution in [-0.4, -0.2) is 39.1 Å². The van der Waals surface area contributed by atoms with E-state index in [1.165, 1.54) is 0 Å². The second-order valence-electron chi connectivity index (χ2n) is 6.68. The van der Waals surface area contributed by atoms with E-state index in [4.69, 9.17) is 0 Å². The maximum absolute atomic E-state index is 12.0. The first kappa shape index (κ1) is 17.5. The topological polar surface area (TPSA) is 70.4 Å². The summed E-state index contributed by atoms with van der Waals surface area (Å²) in [4.78, 5) is 18.9. The molecule has 1 saturated heterocycles. The lowest BCUT2D eigenvalue weighted by Gasteiger charge is -2.36. The molecule has 3 heterocycles. The summed E-state index contributed by atoms with van der Waals surface area (Å²) in [5.74, 6) is 0.168. The quantitative estimate of drug-likeness (QED) is 0.896. The first-order chi connectivity index (χ1) is 12.0. The van der Waals surface area contributed by atoms with Gasteiger partial charge in [0.2, 0.25) is 0 Å². The van der Waals surface area contributed by atoms with E-state index in [2.05, 4.69) is 15.2 Å². The molecule has 0 bridgehead atoms. The summed E-state index contributed by atoms with van der Waals surface area (Å²) in [6, 6.07) is 7.67. The van der Waals surface area contributed by atoms with E-state index in [1.54, 1.807) is 13.1 Å². The highest BCUT2D eigenvalue weighted by Gasteiger charge is 2.28. The van der Waals surface area contributed by atoms with Gasteiger partial charge in [0, 0.05) is 32.0 Å². The zero-order valence-electron chi connectivity index (χ0n) is 15.1. The monoisotopic (exact) mass is 342 g/mol. The van der Waals surface area contributed by atoms with Crippen LogP contribution in [0.2, 0.25) is 0 Å². The average Bonchev–Trinajstić information content (AvgIpc) is 2.99. The van der Waals surface area contributed by atoms with Crippen molar-refractivity contribution in [2.45, 2.75) is 38.8 Å². The molecule has 0 aromatic carbocycles. The average molecular weight is 342 g/mol. The number of pyridine rings is 1. The standard InChI is InChI=1S/C19H26N4O2/c1-13-7-10-18(24)14(21-13)12-23-11-5-4-6-16(23)15-8-9-17(22(15)3)19(25)20-2/h7-10,16,24H,4-6,11-12H2,1-3H3,(H,20,25)/t16-/m1/s1. The Morgan fingerprint density at radius 1 is 1.32 bits per heavy atom. The van der Waals surface area contributed by atoms with Crippen molar-refractivity contribution in [1.29, 1.82) is 0 Å². The third-order valence-electron chi connectivity index (χ3n) is 5.02. The van der Waals surface area contributed by atoms with Gasteiger partial charge in [-0.15, -0.1) is 0 Å². The van der Waals surface area contributed by atoms with Gasteiger partial charge in [-0.3, -0.25) is 14.7 Å². The number of aromatic hydroxyl groups is 1. The molecule has 0 aliphatic carbocycles. The second-order valence-corrected chi connectivity index (χ2v) is 6.68. The van der Waals surface area contributed by atoms with Gasteiger partial charge in [-0.05, 0) is 50.6 Å². The van der Waals surface area contributed by atoms with Gasteiger partial charge >= 0.3 is 0 Å². The fourth-order valence-corrected chi connectivity index (χ4v) is 3.64. The van der Waals surface area contributed by atoms with Crippen LogP contribution in [0.5, 0.6) is 5.75 Å². The van der Waals surface area contributed by atoms with Gasteiger partial charge in [0.1, 0.15) is 11.4 Å². The van der Waals surface area contributed by atoms with Crippen LogP contribution in [-0.2, 0) is 13.6 Å². The molecule has 134 valence electrons. The van der Waals surface area contributed by atoms with Crippen molar-refractivity contribution in [2.24, 2.45) is 7.05 Å². The molecule has 3 rings (SSSR count). The van der Waals surface area contributed by atoms with Gasteiger partial charge < -0.3 is 15.0 Å². The fourth-order valence-electron chi connectivity index (χ4n) is 3.64. The summed E-state index contributed by atoms with van der Waals surface area (Å²) in [6.45, 7) is 3.50. The van der Waals surface area contributed by atoms with Crippen LogP contribution in [0.15, 0.2) is 24.3 Å². The largest absolute Gasteiger partial charge is 0.506 e. The summed E-state index contributed by atoms with van der Waals surface area (Å²) < 4.78 is 1.98. The smallest absolute Gasteiger partial charge is 0.267 e. The fraction of sp³-hybridized carbons (Fsp3) is 0.474. The number of amides is 1. The normalized spacial score (nSPS) is 18.3. The number of hydrogen-bond donors (Lipinski definition) is 2. The number of aryl methyl sites for hydroxylation is 1. The predicted octanol–water partition coefficient (Wildman–Crippen LogP) is 2.52. The molecule has 25 heavy (non-hydrogen) atoms. The van der Waals surface area contributed by atoms with Crippen LogP contribution in [0.3, 0.4) is 0 Å². The Labute approximate surface area is 148 Å². The lowest BCUT2D eigenvalue weighted by molar-refractivity contribution is 0.0952. The molecule has 1 amide bonds. The van der Waals surface area contributed by atoms with E-state index in [1.807, 2.05) is 36.7 Å². The summed E-state index contributed by atoms with van der Waals surface area (Å²) in [5.41, 5.74) is 3.42. The lowest BCUT2D eigenvalue weighted by atomic mass is 9.99. The maximum atomic E-state index is 12.0. The van der Waals surface area contributed by atoms with E-state index >= 15 is 0 Å². The van der Waals surface area contributed by atoms with E-state index in [9.17, 15) is 9.90 Å². The summed E-state index contributed by atoms with van der Waals surface area (Å²) in [5, 5.41) is 12.8. The van der Waals surface area contributed by atoms with Crippen molar-refractivity contribution < 1.29 is 9.90 Å². The number of nitrogens with zero attached hydrogens (tertiary/aromatic N) is 3. The summed E-state index contributed by atoms with van der Waals surface area (Å²) >= 11 is 0. The molecule has 0 saturated carbocycles. The van der Waals surface area contributed by atoms with Crippen molar-refractivity contribution in [3.05, 3.63) is 47.0 Å². The van der Waals surface area contributed by atoms with Crippen molar-refractivity contribution in [3.63, 3.8) is 0 Å². The minimum absolute atomic E-state index is 0.0749. The van der Waals surface area contributed by atoms with Crippen LogP contribution >= 0.6 is 0 Å². The van der Waals surface area contributed by atoms with Crippen LogP contribution < -0.4 is 5.32 Å². The van der Waals surface area contributed by atoms with Gasteiger partial charge in [-0.1, -0.05) is 6.42 Å².